The number of nitrogens with one attached hydrogen (secondary N) is 1. The number of hydrogen-bond acceptors (Lipinski definition) is 5. The number of aliphatic hydroxyl groups is 1. The molecule has 32 heavy (non-hydrogen) atoms. The third-order valence-corrected chi connectivity index (χ3v) is 6.40. The van der Waals surface area contributed by atoms with E-state index in [-0.39, 0.29) is 31.0 Å². The van der Waals surface area contributed by atoms with Crippen molar-refractivity contribution in [2.45, 2.75) is 39.2 Å². The molecular formula is C24H32N4O4. The monoisotopic (exact) mass is 440 g/mol. The predicted molar refractivity (Wildman–Crippen MR) is 120 cm³/mol. The fourth-order valence-electron chi connectivity index (χ4n) is 4.22. The third kappa shape index (κ3) is 4.56. The summed E-state index contributed by atoms with van der Waals surface area (Å²) in [5.41, 5.74) is 3.05. The van der Waals surface area contributed by atoms with Crippen LogP contribution in [-0.4, -0.2) is 71.1 Å². The van der Waals surface area contributed by atoms with Crippen LogP contribution in [0.5, 0.6) is 0 Å². The second-order valence-electron chi connectivity index (χ2n) is 9.13. The lowest BCUT2D eigenvalue weighted by atomic mass is 9.87. The average Bonchev–Trinajstić information content (AvgIpc) is 3.21. The number of aromatic nitrogens is 2. The van der Waals surface area contributed by atoms with Crippen molar-refractivity contribution in [1.29, 1.82) is 0 Å². The van der Waals surface area contributed by atoms with Gasteiger partial charge in [0, 0.05) is 18.7 Å². The number of benzene rings is 1. The van der Waals surface area contributed by atoms with E-state index in [0.29, 0.717) is 32.0 Å². The molecule has 1 saturated heterocycles. The molecule has 2 aliphatic rings. The molecule has 0 radical (unpaired) electrons. The summed E-state index contributed by atoms with van der Waals surface area (Å²) >= 11 is 0. The number of ether oxygens (including phenoxy) is 1. The molecule has 1 aromatic carbocycles. The molecule has 3 heterocycles. The van der Waals surface area contributed by atoms with E-state index in [1.165, 1.54) is 5.56 Å². The quantitative estimate of drug-likeness (QED) is 0.623. The molecule has 1 unspecified atom stereocenters. The van der Waals surface area contributed by atoms with E-state index in [4.69, 9.17) is 9.84 Å². The molecule has 4 rings (SSSR count). The van der Waals surface area contributed by atoms with Gasteiger partial charge in [0.1, 0.15) is 5.69 Å². The van der Waals surface area contributed by atoms with Crippen molar-refractivity contribution in [1.82, 2.24) is 20.0 Å². The molecule has 2 N–H and O–H groups in total. The number of hydrogen-bond donors (Lipinski definition) is 2. The van der Waals surface area contributed by atoms with Crippen molar-refractivity contribution in [2.24, 2.45) is 5.41 Å². The van der Waals surface area contributed by atoms with Gasteiger partial charge >= 0.3 is 0 Å². The number of amides is 2. The summed E-state index contributed by atoms with van der Waals surface area (Å²) in [5, 5.41) is 17.2. The Kier molecular flexibility index (Phi) is 6.62. The first-order valence-electron chi connectivity index (χ1n) is 11.4. The molecular weight excluding hydrogens is 408 g/mol. The topological polar surface area (TPSA) is 96.7 Å². The van der Waals surface area contributed by atoms with Crippen LogP contribution in [0.1, 0.15) is 48.3 Å². The van der Waals surface area contributed by atoms with Crippen molar-refractivity contribution in [2.75, 3.05) is 39.5 Å². The van der Waals surface area contributed by atoms with Gasteiger partial charge < -0.3 is 20.1 Å². The van der Waals surface area contributed by atoms with E-state index in [0.717, 1.165) is 30.5 Å². The van der Waals surface area contributed by atoms with Gasteiger partial charge in [-0.25, -0.2) is 0 Å². The predicted octanol–water partition coefficient (Wildman–Crippen LogP) is 2.17. The molecule has 0 saturated carbocycles. The molecule has 1 aromatic heterocycles. The van der Waals surface area contributed by atoms with Crippen LogP contribution in [0.25, 0.3) is 11.3 Å². The Hall–Kier alpha value is -2.71. The minimum atomic E-state index is -0.396. The molecule has 0 spiro atoms. The van der Waals surface area contributed by atoms with E-state index < -0.39 is 5.41 Å². The van der Waals surface area contributed by atoms with Crippen molar-refractivity contribution in [3.8, 4) is 11.3 Å². The summed E-state index contributed by atoms with van der Waals surface area (Å²) in [6.07, 6.45) is 2.98. The SMILES string of the molecule is CCCCC1CN(CC(=O)NCC2(CO)COC2)C(=O)c2cc(-c3ccc(C)cc3)nn21. The van der Waals surface area contributed by atoms with Gasteiger partial charge in [-0.2, -0.15) is 5.10 Å². The zero-order valence-electron chi connectivity index (χ0n) is 18.8. The molecule has 0 aliphatic carbocycles. The normalized spacial score (nSPS) is 19.4. The van der Waals surface area contributed by atoms with E-state index in [9.17, 15) is 14.7 Å². The largest absolute Gasteiger partial charge is 0.396 e. The number of aliphatic hydroxyl groups excluding tert-OH is 1. The summed E-state index contributed by atoms with van der Waals surface area (Å²) in [7, 11) is 0. The highest BCUT2D eigenvalue weighted by Crippen LogP contribution is 2.29. The first kappa shape index (κ1) is 22.5. The smallest absolute Gasteiger partial charge is 0.272 e. The molecule has 2 aliphatic heterocycles. The van der Waals surface area contributed by atoms with Crippen molar-refractivity contribution >= 4 is 11.8 Å². The number of unbranched alkanes of at least 4 members (excludes halogenated alkanes) is 1. The average molecular weight is 441 g/mol. The molecule has 8 heteroatoms. The van der Waals surface area contributed by atoms with Crippen molar-refractivity contribution in [3.05, 3.63) is 41.6 Å². The first-order chi connectivity index (χ1) is 15.4. The maximum atomic E-state index is 13.2. The third-order valence-electron chi connectivity index (χ3n) is 6.40. The highest BCUT2D eigenvalue weighted by molar-refractivity contribution is 5.96. The Morgan fingerprint density at radius 2 is 2.06 bits per heavy atom. The number of aryl methyl sites for hydroxylation is 1. The highest BCUT2D eigenvalue weighted by atomic mass is 16.5. The lowest BCUT2D eigenvalue weighted by Crippen LogP contribution is -2.55. The number of fused-ring (bicyclic) bond motifs is 1. The van der Waals surface area contributed by atoms with Gasteiger partial charge in [0.05, 0.1) is 43.5 Å². The molecule has 0 bridgehead atoms. The molecule has 8 nitrogen and oxygen atoms in total. The first-order valence-corrected chi connectivity index (χ1v) is 11.4. The Balaban J connectivity index is 1.50. The highest BCUT2D eigenvalue weighted by Gasteiger charge is 2.39. The second kappa shape index (κ2) is 9.42. The Morgan fingerprint density at radius 1 is 1.31 bits per heavy atom. The van der Waals surface area contributed by atoms with E-state index in [2.05, 4.69) is 12.2 Å². The fraction of sp³-hybridized carbons (Fsp3) is 0.542. The summed E-state index contributed by atoms with van der Waals surface area (Å²) in [6, 6.07) is 9.98. The van der Waals surface area contributed by atoms with Gasteiger partial charge in [-0.15, -0.1) is 0 Å². The van der Waals surface area contributed by atoms with Crippen LogP contribution in [0.4, 0.5) is 0 Å². The lowest BCUT2D eigenvalue weighted by molar-refractivity contribution is -0.141. The number of nitrogens with zero attached hydrogens (tertiary/aromatic N) is 3. The van der Waals surface area contributed by atoms with Gasteiger partial charge in [-0.05, 0) is 19.4 Å². The molecule has 2 aromatic rings. The van der Waals surface area contributed by atoms with Crippen LogP contribution in [0, 0.1) is 12.3 Å². The van der Waals surface area contributed by atoms with E-state index in [1.54, 1.807) is 4.90 Å². The van der Waals surface area contributed by atoms with Crippen LogP contribution in [0.2, 0.25) is 0 Å². The Bertz CT molecular complexity index is 959. The zero-order chi connectivity index (χ0) is 22.7. The van der Waals surface area contributed by atoms with E-state index >= 15 is 0 Å². The minimum Gasteiger partial charge on any atom is -0.396 e. The second-order valence-corrected chi connectivity index (χ2v) is 9.13. The summed E-state index contributed by atoms with van der Waals surface area (Å²) < 4.78 is 7.03. The minimum absolute atomic E-state index is 0.00509. The fourth-order valence-corrected chi connectivity index (χ4v) is 4.22. The Morgan fingerprint density at radius 3 is 2.69 bits per heavy atom. The molecule has 1 fully saturated rings. The van der Waals surface area contributed by atoms with Gasteiger partial charge in [-0.3, -0.25) is 14.3 Å². The number of carbonyl (C=O) groups excluding carboxylic acids is 2. The zero-order valence-corrected chi connectivity index (χ0v) is 18.8. The van der Waals surface area contributed by atoms with Gasteiger partial charge in [0.25, 0.3) is 5.91 Å². The molecule has 2 amide bonds. The summed E-state index contributed by atoms with van der Waals surface area (Å²) in [6.45, 7) is 5.82. The van der Waals surface area contributed by atoms with Crippen molar-refractivity contribution in [3.63, 3.8) is 0 Å². The van der Waals surface area contributed by atoms with Gasteiger partial charge in [0.15, 0.2) is 0 Å². The van der Waals surface area contributed by atoms with Crippen molar-refractivity contribution < 1.29 is 19.4 Å². The van der Waals surface area contributed by atoms with Crippen LogP contribution in [0.15, 0.2) is 30.3 Å². The maximum absolute atomic E-state index is 13.2. The number of carbonyl (C=O) groups is 2. The maximum Gasteiger partial charge on any atom is 0.272 e. The lowest BCUT2D eigenvalue weighted by Gasteiger charge is -2.40. The summed E-state index contributed by atoms with van der Waals surface area (Å²) in [5.74, 6) is -0.401. The van der Waals surface area contributed by atoms with Gasteiger partial charge in [0.2, 0.25) is 5.91 Å². The summed E-state index contributed by atoms with van der Waals surface area (Å²) in [4.78, 5) is 27.4. The van der Waals surface area contributed by atoms with E-state index in [1.807, 2.05) is 41.9 Å². The van der Waals surface area contributed by atoms with Crippen LogP contribution in [-0.2, 0) is 9.53 Å². The van der Waals surface area contributed by atoms with Crippen LogP contribution < -0.4 is 5.32 Å². The van der Waals surface area contributed by atoms with Crippen LogP contribution in [0.3, 0.4) is 0 Å². The van der Waals surface area contributed by atoms with Crippen LogP contribution >= 0.6 is 0 Å². The Labute approximate surface area is 188 Å². The molecule has 1 atom stereocenters. The molecule has 172 valence electrons. The number of rotatable bonds is 9. The van der Waals surface area contributed by atoms with Gasteiger partial charge in [-0.1, -0.05) is 49.6 Å². The standard InChI is InChI=1S/C24H32N4O4/c1-3-4-5-19-11-27(12-22(30)25-13-24(14-29)15-32-16-24)23(31)21-10-20(26-28(19)21)18-8-6-17(2)7-9-18/h6-10,19,29H,3-5,11-16H2,1-2H3,(H,25,30).